The standard InChI is InChI=1S/C9H16O2/c1-3-8(2)7-11-9-5-4-6-10-9/h3,9H,4-7H2,1-2H3/b8-3+. The van der Waals surface area contributed by atoms with E-state index in [9.17, 15) is 0 Å². The number of allylic oxidation sites excluding steroid dienone is 1. The van der Waals surface area contributed by atoms with E-state index >= 15 is 0 Å². The smallest absolute Gasteiger partial charge is 0.158 e. The van der Waals surface area contributed by atoms with Crippen molar-refractivity contribution in [3.63, 3.8) is 0 Å². The quantitative estimate of drug-likeness (QED) is 0.582. The lowest BCUT2D eigenvalue weighted by atomic mass is 10.3. The van der Waals surface area contributed by atoms with Crippen LogP contribution in [-0.2, 0) is 9.47 Å². The molecule has 0 spiro atoms. The maximum absolute atomic E-state index is 5.47. The molecule has 11 heavy (non-hydrogen) atoms. The first-order valence-corrected chi connectivity index (χ1v) is 4.18. The van der Waals surface area contributed by atoms with Crippen LogP contribution in [0.15, 0.2) is 11.6 Å². The summed E-state index contributed by atoms with van der Waals surface area (Å²) in [7, 11) is 0. The van der Waals surface area contributed by atoms with Gasteiger partial charge in [0.25, 0.3) is 0 Å². The van der Waals surface area contributed by atoms with Crippen molar-refractivity contribution in [3.8, 4) is 0 Å². The monoisotopic (exact) mass is 156 g/mol. The number of hydrogen-bond donors (Lipinski definition) is 0. The molecule has 64 valence electrons. The van der Waals surface area contributed by atoms with Crippen molar-refractivity contribution in [3.05, 3.63) is 11.6 Å². The van der Waals surface area contributed by atoms with Crippen molar-refractivity contribution in [1.82, 2.24) is 0 Å². The summed E-state index contributed by atoms with van der Waals surface area (Å²) in [6.07, 6.45) is 4.32. The summed E-state index contributed by atoms with van der Waals surface area (Å²) in [4.78, 5) is 0. The lowest BCUT2D eigenvalue weighted by Crippen LogP contribution is -2.11. The predicted molar refractivity (Wildman–Crippen MR) is 44.4 cm³/mol. The predicted octanol–water partition coefficient (Wildman–Crippen LogP) is 2.11. The van der Waals surface area contributed by atoms with Crippen molar-refractivity contribution < 1.29 is 9.47 Å². The number of hydrogen-bond acceptors (Lipinski definition) is 2. The third-order valence-electron chi connectivity index (χ3n) is 1.88. The number of ether oxygens (including phenoxy) is 2. The van der Waals surface area contributed by atoms with Gasteiger partial charge in [-0.1, -0.05) is 11.6 Å². The first-order chi connectivity index (χ1) is 5.33. The molecule has 1 fully saturated rings. The molecule has 1 unspecified atom stereocenters. The Morgan fingerprint density at radius 2 is 2.55 bits per heavy atom. The highest BCUT2D eigenvalue weighted by molar-refractivity contribution is 4.95. The molecule has 0 aromatic heterocycles. The Morgan fingerprint density at radius 3 is 3.09 bits per heavy atom. The zero-order valence-electron chi connectivity index (χ0n) is 7.30. The molecule has 0 N–H and O–H groups in total. The second kappa shape index (κ2) is 4.52. The number of rotatable bonds is 3. The molecule has 1 aliphatic rings. The summed E-state index contributed by atoms with van der Waals surface area (Å²) in [5, 5.41) is 0. The fourth-order valence-electron chi connectivity index (χ4n) is 0.987. The molecular formula is C9H16O2. The third kappa shape index (κ3) is 3.04. The second-order valence-corrected chi connectivity index (χ2v) is 2.89. The van der Waals surface area contributed by atoms with Gasteiger partial charge in [-0.2, -0.15) is 0 Å². The van der Waals surface area contributed by atoms with E-state index in [2.05, 4.69) is 13.0 Å². The Labute approximate surface area is 68.2 Å². The van der Waals surface area contributed by atoms with E-state index < -0.39 is 0 Å². The molecule has 0 aromatic carbocycles. The Hall–Kier alpha value is -0.340. The maximum atomic E-state index is 5.47. The zero-order valence-corrected chi connectivity index (χ0v) is 7.30. The van der Waals surface area contributed by atoms with Crippen LogP contribution in [0, 0.1) is 0 Å². The van der Waals surface area contributed by atoms with Crippen LogP contribution in [0.1, 0.15) is 26.7 Å². The van der Waals surface area contributed by atoms with Gasteiger partial charge in [0, 0.05) is 13.0 Å². The first kappa shape index (κ1) is 8.75. The highest BCUT2D eigenvalue weighted by atomic mass is 16.7. The van der Waals surface area contributed by atoms with Gasteiger partial charge in [-0.3, -0.25) is 0 Å². The van der Waals surface area contributed by atoms with Crippen LogP contribution in [0.2, 0.25) is 0 Å². The molecule has 0 aliphatic carbocycles. The minimum Gasteiger partial charge on any atom is -0.353 e. The SMILES string of the molecule is C/C=C(\C)COC1CCCO1. The van der Waals surface area contributed by atoms with Gasteiger partial charge < -0.3 is 9.47 Å². The average molecular weight is 156 g/mol. The molecule has 1 saturated heterocycles. The molecule has 0 aromatic rings. The van der Waals surface area contributed by atoms with E-state index in [1.165, 1.54) is 5.57 Å². The van der Waals surface area contributed by atoms with E-state index in [-0.39, 0.29) is 6.29 Å². The van der Waals surface area contributed by atoms with Gasteiger partial charge in [-0.25, -0.2) is 0 Å². The highest BCUT2D eigenvalue weighted by Crippen LogP contribution is 2.13. The van der Waals surface area contributed by atoms with Crippen LogP contribution in [-0.4, -0.2) is 19.5 Å². The molecule has 1 aliphatic heterocycles. The first-order valence-electron chi connectivity index (χ1n) is 4.18. The zero-order chi connectivity index (χ0) is 8.10. The largest absolute Gasteiger partial charge is 0.353 e. The summed E-state index contributed by atoms with van der Waals surface area (Å²) in [6.45, 7) is 5.66. The van der Waals surface area contributed by atoms with Crippen LogP contribution in [0.3, 0.4) is 0 Å². The molecule has 0 radical (unpaired) electrons. The molecule has 1 rings (SSSR count). The molecule has 2 nitrogen and oxygen atoms in total. The molecule has 0 saturated carbocycles. The highest BCUT2D eigenvalue weighted by Gasteiger charge is 2.14. The lowest BCUT2D eigenvalue weighted by Gasteiger charge is -2.10. The van der Waals surface area contributed by atoms with Crippen molar-refractivity contribution in [2.24, 2.45) is 0 Å². The second-order valence-electron chi connectivity index (χ2n) is 2.89. The van der Waals surface area contributed by atoms with Crippen LogP contribution >= 0.6 is 0 Å². The van der Waals surface area contributed by atoms with Crippen LogP contribution in [0.4, 0.5) is 0 Å². The summed E-state index contributed by atoms with van der Waals surface area (Å²) >= 11 is 0. The van der Waals surface area contributed by atoms with Gasteiger partial charge in [0.05, 0.1) is 6.61 Å². The molecule has 1 heterocycles. The van der Waals surface area contributed by atoms with Crippen LogP contribution in [0.5, 0.6) is 0 Å². The molecule has 0 bridgehead atoms. The fourth-order valence-corrected chi connectivity index (χ4v) is 0.987. The minimum atomic E-state index is 0.0601. The molecular weight excluding hydrogens is 140 g/mol. The fraction of sp³-hybridized carbons (Fsp3) is 0.778. The Bertz CT molecular complexity index is 134. The van der Waals surface area contributed by atoms with Gasteiger partial charge in [-0.15, -0.1) is 0 Å². The van der Waals surface area contributed by atoms with Crippen molar-refractivity contribution >= 4 is 0 Å². The van der Waals surface area contributed by atoms with Crippen LogP contribution in [0.25, 0.3) is 0 Å². The van der Waals surface area contributed by atoms with Crippen molar-refractivity contribution in [2.45, 2.75) is 33.0 Å². The normalized spacial score (nSPS) is 26.0. The maximum Gasteiger partial charge on any atom is 0.158 e. The van der Waals surface area contributed by atoms with E-state index in [4.69, 9.17) is 9.47 Å². The lowest BCUT2D eigenvalue weighted by molar-refractivity contribution is -0.103. The minimum absolute atomic E-state index is 0.0601. The van der Waals surface area contributed by atoms with E-state index in [1.54, 1.807) is 0 Å². The summed E-state index contributed by atoms with van der Waals surface area (Å²) < 4.78 is 10.8. The van der Waals surface area contributed by atoms with Gasteiger partial charge in [0.15, 0.2) is 6.29 Å². The van der Waals surface area contributed by atoms with Gasteiger partial charge in [0.1, 0.15) is 0 Å². The summed E-state index contributed by atoms with van der Waals surface area (Å²) in [5.74, 6) is 0. The molecule has 0 amide bonds. The summed E-state index contributed by atoms with van der Waals surface area (Å²) in [5.41, 5.74) is 1.26. The summed E-state index contributed by atoms with van der Waals surface area (Å²) in [6, 6.07) is 0. The van der Waals surface area contributed by atoms with E-state index in [1.807, 2.05) is 6.92 Å². The van der Waals surface area contributed by atoms with Crippen LogP contribution < -0.4 is 0 Å². The molecule has 2 heteroatoms. The Balaban J connectivity index is 2.11. The van der Waals surface area contributed by atoms with Gasteiger partial charge in [-0.05, 0) is 20.3 Å². The van der Waals surface area contributed by atoms with Crippen molar-refractivity contribution in [2.75, 3.05) is 13.2 Å². The Morgan fingerprint density at radius 1 is 1.73 bits per heavy atom. The average Bonchev–Trinajstić information content (AvgIpc) is 2.52. The third-order valence-corrected chi connectivity index (χ3v) is 1.88. The Kier molecular flexibility index (Phi) is 3.60. The van der Waals surface area contributed by atoms with Gasteiger partial charge in [0.2, 0.25) is 0 Å². The molecule has 1 atom stereocenters. The van der Waals surface area contributed by atoms with E-state index in [0.717, 1.165) is 19.4 Å². The van der Waals surface area contributed by atoms with Crippen molar-refractivity contribution in [1.29, 1.82) is 0 Å². The van der Waals surface area contributed by atoms with E-state index in [0.29, 0.717) is 6.61 Å². The topological polar surface area (TPSA) is 18.5 Å². The van der Waals surface area contributed by atoms with Gasteiger partial charge >= 0.3 is 0 Å².